The number of rotatable bonds is 3. The van der Waals surface area contributed by atoms with E-state index in [0.717, 1.165) is 4.57 Å². The van der Waals surface area contributed by atoms with E-state index in [0.29, 0.717) is 17.4 Å². The van der Waals surface area contributed by atoms with E-state index in [1.165, 1.54) is 25.1 Å². The SMILES string of the molecule is CC(C(=O)O)n1/c(=N/C(=O)c2cccc(Cl)c2)sc2c(F)c(F)c(F)cc21. The first-order valence-corrected chi connectivity index (χ1v) is 8.66. The molecule has 27 heavy (non-hydrogen) atoms. The molecule has 0 saturated heterocycles. The summed E-state index contributed by atoms with van der Waals surface area (Å²) in [6.07, 6.45) is 0. The van der Waals surface area contributed by atoms with E-state index in [1.54, 1.807) is 6.07 Å². The summed E-state index contributed by atoms with van der Waals surface area (Å²) in [5.41, 5.74) is -0.101. The number of nitrogens with zero attached hydrogens (tertiary/aromatic N) is 2. The highest BCUT2D eigenvalue weighted by molar-refractivity contribution is 7.16. The van der Waals surface area contributed by atoms with Crippen molar-refractivity contribution in [3.63, 3.8) is 0 Å². The van der Waals surface area contributed by atoms with Crippen LogP contribution in [0.2, 0.25) is 5.02 Å². The molecule has 0 spiro atoms. The molecule has 0 fully saturated rings. The minimum Gasteiger partial charge on any atom is -0.480 e. The maximum absolute atomic E-state index is 14.1. The second kappa shape index (κ2) is 7.16. The number of carbonyl (C=O) groups is 2. The number of thiazole rings is 1. The largest absolute Gasteiger partial charge is 0.480 e. The molecule has 0 bridgehead atoms. The molecule has 1 aromatic heterocycles. The highest BCUT2D eigenvalue weighted by Crippen LogP contribution is 2.27. The predicted molar refractivity (Wildman–Crippen MR) is 93.4 cm³/mol. The van der Waals surface area contributed by atoms with E-state index in [4.69, 9.17) is 11.6 Å². The summed E-state index contributed by atoms with van der Waals surface area (Å²) in [5.74, 6) is -6.73. The number of fused-ring (bicyclic) bond motifs is 1. The van der Waals surface area contributed by atoms with E-state index < -0.39 is 35.4 Å². The van der Waals surface area contributed by atoms with Crippen LogP contribution in [0.5, 0.6) is 0 Å². The van der Waals surface area contributed by atoms with Crippen LogP contribution in [0.4, 0.5) is 13.2 Å². The van der Waals surface area contributed by atoms with Crippen molar-refractivity contribution in [1.82, 2.24) is 4.57 Å². The molecule has 10 heteroatoms. The van der Waals surface area contributed by atoms with Gasteiger partial charge in [0, 0.05) is 16.7 Å². The molecule has 1 N–H and O–H groups in total. The number of carbonyl (C=O) groups excluding carboxylic acids is 1. The molecule has 140 valence electrons. The molecular formula is C17H10ClF3N2O3S. The molecule has 0 aliphatic heterocycles. The number of hydrogen-bond acceptors (Lipinski definition) is 3. The lowest BCUT2D eigenvalue weighted by molar-refractivity contribution is -0.140. The van der Waals surface area contributed by atoms with Crippen LogP contribution < -0.4 is 4.80 Å². The molecule has 3 aromatic rings. The van der Waals surface area contributed by atoms with Gasteiger partial charge in [-0.25, -0.2) is 18.0 Å². The third-order valence-corrected chi connectivity index (χ3v) is 5.07. The number of halogens is 4. The quantitative estimate of drug-likeness (QED) is 0.654. The maximum Gasteiger partial charge on any atom is 0.326 e. The minimum atomic E-state index is -1.69. The Morgan fingerprint density at radius 3 is 2.56 bits per heavy atom. The first-order valence-electron chi connectivity index (χ1n) is 7.46. The van der Waals surface area contributed by atoms with Gasteiger partial charge in [-0.2, -0.15) is 4.99 Å². The van der Waals surface area contributed by atoms with Gasteiger partial charge in [0.25, 0.3) is 5.91 Å². The van der Waals surface area contributed by atoms with Gasteiger partial charge < -0.3 is 9.67 Å². The average Bonchev–Trinajstić information content (AvgIpc) is 2.96. The number of benzene rings is 2. The van der Waals surface area contributed by atoms with Crippen molar-refractivity contribution in [3.8, 4) is 0 Å². The highest BCUT2D eigenvalue weighted by Gasteiger charge is 2.24. The standard InChI is InChI=1S/C17H10ClF3N2O3S/c1-7(16(25)26)23-11-6-10(19)12(20)13(21)14(11)27-17(23)22-15(24)8-3-2-4-9(18)5-8/h2-7H,1H3,(H,25,26)/b22-17-. The van der Waals surface area contributed by atoms with Gasteiger partial charge in [-0.15, -0.1) is 0 Å². The second-order valence-electron chi connectivity index (χ2n) is 5.53. The van der Waals surface area contributed by atoms with Gasteiger partial charge in [-0.3, -0.25) is 4.79 Å². The molecule has 1 atom stereocenters. The molecule has 1 heterocycles. The average molecular weight is 415 g/mol. The Bertz CT molecular complexity index is 1160. The fourth-order valence-corrected chi connectivity index (χ4v) is 3.72. The molecule has 2 aromatic carbocycles. The summed E-state index contributed by atoms with van der Waals surface area (Å²) in [4.78, 5) is 27.4. The van der Waals surface area contributed by atoms with Gasteiger partial charge in [0.15, 0.2) is 22.3 Å². The van der Waals surface area contributed by atoms with Crippen LogP contribution in [0.1, 0.15) is 23.3 Å². The van der Waals surface area contributed by atoms with Crippen LogP contribution in [0.25, 0.3) is 10.2 Å². The van der Waals surface area contributed by atoms with Crippen LogP contribution >= 0.6 is 22.9 Å². The van der Waals surface area contributed by atoms with E-state index in [9.17, 15) is 27.9 Å². The van der Waals surface area contributed by atoms with Gasteiger partial charge in [0.2, 0.25) is 0 Å². The van der Waals surface area contributed by atoms with Gasteiger partial charge >= 0.3 is 5.97 Å². The monoisotopic (exact) mass is 414 g/mol. The number of carboxylic acid groups (broad SMARTS) is 1. The lowest BCUT2D eigenvalue weighted by atomic mass is 10.2. The van der Waals surface area contributed by atoms with Crippen LogP contribution in [-0.4, -0.2) is 21.6 Å². The van der Waals surface area contributed by atoms with Crippen molar-refractivity contribution in [2.75, 3.05) is 0 Å². The van der Waals surface area contributed by atoms with E-state index in [-0.39, 0.29) is 25.6 Å². The van der Waals surface area contributed by atoms with Crippen LogP contribution in [0, 0.1) is 17.5 Å². The first-order chi connectivity index (χ1) is 12.7. The third-order valence-electron chi connectivity index (χ3n) is 3.77. The van der Waals surface area contributed by atoms with Gasteiger partial charge in [0.1, 0.15) is 6.04 Å². The van der Waals surface area contributed by atoms with Crippen molar-refractivity contribution >= 4 is 45.0 Å². The minimum absolute atomic E-state index is 0.118. The molecule has 0 aliphatic rings. The van der Waals surface area contributed by atoms with Crippen molar-refractivity contribution in [2.45, 2.75) is 13.0 Å². The molecule has 0 aliphatic carbocycles. The molecule has 0 saturated carbocycles. The van der Waals surface area contributed by atoms with Crippen molar-refractivity contribution < 1.29 is 27.9 Å². The van der Waals surface area contributed by atoms with Gasteiger partial charge in [-0.05, 0) is 25.1 Å². The van der Waals surface area contributed by atoms with E-state index in [1.807, 2.05) is 0 Å². The Morgan fingerprint density at radius 2 is 1.93 bits per heavy atom. The molecule has 0 radical (unpaired) electrons. The van der Waals surface area contributed by atoms with Gasteiger partial charge in [0.05, 0.1) is 10.2 Å². The molecule has 1 amide bonds. The number of hydrogen-bond donors (Lipinski definition) is 1. The number of aromatic nitrogens is 1. The smallest absolute Gasteiger partial charge is 0.326 e. The summed E-state index contributed by atoms with van der Waals surface area (Å²) >= 11 is 6.37. The summed E-state index contributed by atoms with van der Waals surface area (Å²) < 4.78 is 41.9. The zero-order valence-corrected chi connectivity index (χ0v) is 15.1. The van der Waals surface area contributed by atoms with Crippen LogP contribution in [0.15, 0.2) is 35.3 Å². The van der Waals surface area contributed by atoms with Crippen LogP contribution in [0.3, 0.4) is 0 Å². The Kier molecular flexibility index (Phi) is 5.07. The summed E-state index contributed by atoms with van der Waals surface area (Å²) in [7, 11) is 0. The van der Waals surface area contributed by atoms with E-state index in [2.05, 4.69) is 4.99 Å². The zero-order chi connectivity index (χ0) is 19.9. The second-order valence-corrected chi connectivity index (χ2v) is 6.94. The lowest BCUT2D eigenvalue weighted by Crippen LogP contribution is -2.25. The van der Waals surface area contributed by atoms with Crippen molar-refractivity contribution in [2.24, 2.45) is 4.99 Å². The zero-order valence-electron chi connectivity index (χ0n) is 13.5. The Balaban J connectivity index is 2.31. The highest BCUT2D eigenvalue weighted by atomic mass is 35.5. The topological polar surface area (TPSA) is 71.7 Å². The van der Waals surface area contributed by atoms with Gasteiger partial charge in [-0.1, -0.05) is 29.0 Å². The number of aliphatic carboxylic acids is 1. The summed E-state index contributed by atoms with van der Waals surface area (Å²) in [6.45, 7) is 1.25. The molecule has 1 unspecified atom stereocenters. The first kappa shape index (κ1) is 19.1. The summed E-state index contributed by atoms with van der Waals surface area (Å²) in [6, 6.07) is 5.22. The Hall–Kier alpha value is -2.65. The summed E-state index contributed by atoms with van der Waals surface area (Å²) in [5, 5.41) is 9.58. The fraction of sp³-hybridized carbons (Fsp3) is 0.118. The maximum atomic E-state index is 14.1. The Labute approximate surface area is 159 Å². The van der Waals surface area contributed by atoms with Crippen LogP contribution in [-0.2, 0) is 4.79 Å². The third kappa shape index (κ3) is 3.47. The van der Waals surface area contributed by atoms with Crippen molar-refractivity contribution in [1.29, 1.82) is 0 Å². The fourth-order valence-electron chi connectivity index (χ4n) is 2.42. The molecule has 5 nitrogen and oxygen atoms in total. The number of amides is 1. The normalized spacial score (nSPS) is 13.1. The lowest BCUT2D eigenvalue weighted by Gasteiger charge is -2.10. The molecular weight excluding hydrogens is 405 g/mol. The van der Waals surface area contributed by atoms with E-state index >= 15 is 0 Å². The Morgan fingerprint density at radius 1 is 1.22 bits per heavy atom. The number of carboxylic acids is 1. The van der Waals surface area contributed by atoms with Crippen molar-refractivity contribution in [3.05, 3.63) is 63.2 Å². The molecule has 3 rings (SSSR count). The predicted octanol–water partition coefficient (Wildman–Crippen LogP) is 4.16.